The van der Waals surface area contributed by atoms with Crippen LogP contribution < -0.4 is 5.32 Å². The first-order valence-electron chi connectivity index (χ1n) is 8.69. The van der Waals surface area contributed by atoms with Crippen LogP contribution in [0.1, 0.15) is 38.5 Å². The molecule has 2 heterocycles. The molecule has 9 heteroatoms. The van der Waals surface area contributed by atoms with Gasteiger partial charge in [-0.2, -0.15) is 13.2 Å². The van der Waals surface area contributed by atoms with E-state index in [9.17, 15) is 18.0 Å². The minimum Gasteiger partial charge on any atom is -0.361 e. The molecule has 0 unspecified atom stereocenters. The topological polar surface area (TPSA) is 68.0 Å². The minimum absolute atomic E-state index is 0.0222. The number of nitrogens with one attached hydrogen (secondary N) is 1. The van der Waals surface area contributed by atoms with Gasteiger partial charge in [-0.1, -0.05) is 17.3 Å². The van der Waals surface area contributed by atoms with E-state index in [-0.39, 0.29) is 6.54 Å². The molecular formula is C20H18F3N3O2S. The summed E-state index contributed by atoms with van der Waals surface area (Å²) < 4.78 is 43.6. The number of aromatic nitrogens is 2. The Labute approximate surface area is 169 Å². The second-order valence-corrected chi connectivity index (χ2v) is 7.29. The molecule has 1 aromatic carbocycles. The van der Waals surface area contributed by atoms with Gasteiger partial charge in [0.25, 0.3) is 5.91 Å². The molecule has 0 spiro atoms. The number of hydrogen-bond donors (Lipinski definition) is 1. The molecule has 0 aliphatic carbocycles. The van der Waals surface area contributed by atoms with Crippen molar-refractivity contribution in [1.29, 1.82) is 0 Å². The maximum absolute atomic E-state index is 12.8. The molecule has 0 bridgehead atoms. The van der Waals surface area contributed by atoms with Crippen LogP contribution in [0.3, 0.4) is 0 Å². The summed E-state index contributed by atoms with van der Waals surface area (Å²) in [5, 5.41) is 7.09. The quantitative estimate of drug-likeness (QED) is 0.572. The lowest BCUT2D eigenvalue weighted by Crippen LogP contribution is -2.24. The molecule has 1 N–H and O–H groups in total. The molecule has 0 atom stereocenters. The van der Waals surface area contributed by atoms with Crippen molar-refractivity contribution >= 4 is 17.7 Å². The van der Waals surface area contributed by atoms with Gasteiger partial charge in [0.1, 0.15) is 10.8 Å². The Balaban J connectivity index is 1.69. The predicted octanol–water partition coefficient (Wildman–Crippen LogP) is 4.93. The van der Waals surface area contributed by atoms with Crippen molar-refractivity contribution in [1.82, 2.24) is 15.5 Å². The zero-order valence-electron chi connectivity index (χ0n) is 15.7. The maximum atomic E-state index is 12.8. The van der Waals surface area contributed by atoms with Gasteiger partial charge in [-0.05, 0) is 43.7 Å². The van der Waals surface area contributed by atoms with Crippen LogP contribution in [0.5, 0.6) is 0 Å². The van der Waals surface area contributed by atoms with E-state index >= 15 is 0 Å². The standard InChI is InChI=1S/C20H18F3N3O2S/c1-12-17(13(2)28-26-12)11-29-19-16(7-4-8-24-19)18(27)25-10-14-5-3-6-15(9-14)20(21,22)23/h3-9H,10-11H2,1-2H3,(H,25,27). The average molecular weight is 421 g/mol. The van der Waals surface area contributed by atoms with Gasteiger partial charge in [0.15, 0.2) is 0 Å². The number of rotatable bonds is 6. The number of aryl methyl sites for hydroxylation is 2. The Bertz CT molecular complexity index is 999. The number of halogens is 3. The third kappa shape index (κ3) is 5.17. The number of carbonyl (C=O) groups is 1. The molecule has 0 saturated heterocycles. The first-order valence-corrected chi connectivity index (χ1v) is 9.68. The molecule has 0 fully saturated rings. The molecule has 0 aliphatic heterocycles. The number of carbonyl (C=O) groups excluding carboxylic acids is 1. The molecule has 5 nitrogen and oxygen atoms in total. The second kappa shape index (κ2) is 8.69. The third-order valence-corrected chi connectivity index (χ3v) is 5.29. The van der Waals surface area contributed by atoms with Crippen molar-refractivity contribution in [3.8, 4) is 0 Å². The minimum atomic E-state index is -4.43. The van der Waals surface area contributed by atoms with Crippen molar-refractivity contribution in [3.63, 3.8) is 0 Å². The van der Waals surface area contributed by atoms with Gasteiger partial charge in [0.2, 0.25) is 0 Å². The molecule has 3 rings (SSSR count). The molecule has 0 radical (unpaired) electrons. The van der Waals surface area contributed by atoms with E-state index in [4.69, 9.17) is 4.52 Å². The van der Waals surface area contributed by atoms with Crippen molar-refractivity contribution in [2.24, 2.45) is 0 Å². The van der Waals surface area contributed by atoms with E-state index in [1.165, 1.54) is 23.9 Å². The fraction of sp³-hybridized carbons (Fsp3) is 0.250. The highest BCUT2D eigenvalue weighted by atomic mass is 32.2. The maximum Gasteiger partial charge on any atom is 0.416 e. The van der Waals surface area contributed by atoms with E-state index in [1.807, 2.05) is 13.8 Å². The van der Waals surface area contributed by atoms with Crippen LogP contribution >= 0.6 is 11.8 Å². The lowest BCUT2D eigenvalue weighted by molar-refractivity contribution is -0.137. The van der Waals surface area contributed by atoms with Gasteiger partial charge >= 0.3 is 6.18 Å². The molecule has 3 aromatic rings. The van der Waals surface area contributed by atoms with Crippen LogP contribution in [-0.2, 0) is 18.5 Å². The van der Waals surface area contributed by atoms with Crippen molar-refractivity contribution in [3.05, 3.63) is 76.3 Å². The lowest BCUT2D eigenvalue weighted by Gasteiger charge is -2.11. The van der Waals surface area contributed by atoms with E-state index < -0.39 is 17.6 Å². The van der Waals surface area contributed by atoms with Crippen molar-refractivity contribution in [2.45, 2.75) is 37.3 Å². The summed E-state index contributed by atoms with van der Waals surface area (Å²) in [6.07, 6.45) is -2.84. The first-order chi connectivity index (χ1) is 13.8. The van der Waals surface area contributed by atoms with E-state index in [0.717, 1.165) is 23.4 Å². The summed E-state index contributed by atoms with van der Waals surface area (Å²) in [6, 6.07) is 8.14. The Hall–Kier alpha value is -2.81. The second-order valence-electron chi connectivity index (χ2n) is 6.33. The Kier molecular flexibility index (Phi) is 6.26. The van der Waals surface area contributed by atoms with Crippen LogP contribution in [0.15, 0.2) is 52.1 Å². The highest BCUT2D eigenvalue weighted by Gasteiger charge is 2.30. The summed E-state index contributed by atoms with van der Waals surface area (Å²) in [5.74, 6) is 0.838. The lowest BCUT2D eigenvalue weighted by atomic mass is 10.1. The number of amides is 1. The van der Waals surface area contributed by atoms with Crippen molar-refractivity contribution in [2.75, 3.05) is 0 Å². The number of pyridine rings is 1. The molecule has 2 aromatic heterocycles. The first kappa shape index (κ1) is 20.9. The molecule has 29 heavy (non-hydrogen) atoms. The van der Waals surface area contributed by atoms with Crippen molar-refractivity contribution < 1.29 is 22.5 Å². The summed E-state index contributed by atoms with van der Waals surface area (Å²) in [7, 11) is 0. The monoisotopic (exact) mass is 421 g/mol. The number of alkyl halides is 3. The third-order valence-electron chi connectivity index (χ3n) is 4.26. The normalized spacial score (nSPS) is 11.5. The van der Waals surface area contributed by atoms with Gasteiger partial charge < -0.3 is 9.84 Å². The summed E-state index contributed by atoms with van der Waals surface area (Å²) >= 11 is 1.37. The molecule has 1 amide bonds. The van der Waals surface area contributed by atoms with Crippen LogP contribution in [0.4, 0.5) is 13.2 Å². The molecule has 0 saturated carbocycles. The van der Waals surface area contributed by atoms with Gasteiger partial charge in [0, 0.05) is 24.1 Å². The smallest absolute Gasteiger partial charge is 0.361 e. The number of nitrogens with zero attached hydrogens (tertiary/aromatic N) is 2. The van der Waals surface area contributed by atoms with Crippen LogP contribution in [0.2, 0.25) is 0 Å². The summed E-state index contributed by atoms with van der Waals surface area (Å²) in [6.45, 7) is 3.64. The zero-order valence-corrected chi connectivity index (χ0v) is 16.5. The highest BCUT2D eigenvalue weighted by molar-refractivity contribution is 7.98. The summed E-state index contributed by atoms with van der Waals surface area (Å²) in [4.78, 5) is 16.9. The van der Waals surface area contributed by atoms with Gasteiger partial charge in [-0.25, -0.2) is 4.98 Å². The number of thioether (sulfide) groups is 1. The van der Waals surface area contributed by atoms with E-state index in [1.54, 1.807) is 18.3 Å². The van der Waals surface area contributed by atoms with E-state index in [2.05, 4.69) is 15.5 Å². The summed E-state index contributed by atoms with van der Waals surface area (Å²) in [5.41, 5.74) is 1.69. The fourth-order valence-electron chi connectivity index (χ4n) is 2.66. The van der Waals surface area contributed by atoms with Crippen LogP contribution in [0.25, 0.3) is 0 Å². The highest BCUT2D eigenvalue weighted by Crippen LogP contribution is 2.30. The number of hydrogen-bond acceptors (Lipinski definition) is 5. The van der Waals surface area contributed by atoms with E-state index in [0.29, 0.717) is 27.7 Å². The van der Waals surface area contributed by atoms with Crippen LogP contribution in [-0.4, -0.2) is 16.0 Å². The zero-order chi connectivity index (χ0) is 21.0. The SMILES string of the molecule is Cc1noc(C)c1CSc1ncccc1C(=O)NCc1cccc(C(F)(F)F)c1. The van der Waals surface area contributed by atoms with Gasteiger partial charge in [-0.15, -0.1) is 11.8 Å². The Morgan fingerprint density at radius 3 is 2.69 bits per heavy atom. The molecule has 0 aliphatic rings. The van der Waals surface area contributed by atoms with Gasteiger partial charge in [-0.3, -0.25) is 4.79 Å². The Morgan fingerprint density at radius 1 is 1.21 bits per heavy atom. The average Bonchev–Trinajstić information content (AvgIpc) is 3.02. The molecule has 152 valence electrons. The predicted molar refractivity (Wildman–Crippen MR) is 102 cm³/mol. The van der Waals surface area contributed by atoms with Crippen LogP contribution in [0, 0.1) is 13.8 Å². The fourth-order valence-corrected chi connectivity index (χ4v) is 3.81. The number of benzene rings is 1. The largest absolute Gasteiger partial charge is 0.416 e. The van der Waals surface area contributed by atoms with Gasteiger partial charge in [0.05, 0.1) is 16.8 Å². The Morgan fingerprint density at radius 2 is 2.00 bits per heavy atom. The molecular weight excluding hydrogens is 403 g/mol.